The average Bonchev–Trinajstić information content (AvgIpc) is 2.51. The molecule has 0 spiro atoms. The highest BCUT2D eigenvalue weighted by Crippen LogP contribution is 2.32. The van der Waals surface area contributed by atoms with Crippen molar-refractivity contribution in [3.8, 4) is 11.5 Å². The largest absolute Gasteiger partial charge is 0.492 e. The van der Waals surface area contributed by atoms with E-state index in [4.69, 9.17) is 9.47 Å². The highest BCUT2D eigenvalue weighted by atomic mass is 16.6. The SMILES string of the molecule is COc1c(/C=C/[N+](=O)[O-])cccc1OCc1ccccc1. The minimum absolute atomic E-state index is 0.402. The van der Waals surface area contributed by atoms with Gasteiger partial charge in [-0.3, -0.25) is 10.1 Å². The van der Waals surface area contributed by atoms with E-state index in [-0.39, 0.29) is 0 Å². The number of hydrogen-bond acceptors (Lipinski definition) is 4. The number of methoxy groups -OCH3 is 1. The first-order valence-electron chi connectivity index (χ1n) is 6.36. The normalized spacial score (nSPS) is 10.5. The lowest BCUT2D eigenvalue weighted by molar-refractivity contribution is -0.400. The molecule has 0 bridgehead atoms. The van der Waals surface area contributed by atoms with Crippen molar-refractivity contribution in [1.82, 2.24) is 0 Å². The number of nitrogens with zero attached hydrogens (tertiary/aromatic N) is 1. The molecule has 108 valence electrons. The van der Waals surface area contributed by atoms with Gasteiger partial charge in [-0.2, -0.15) is 0 Å². The Bertz CT molecular complexity index is 638. The van der Waals surface area contributed by atoms with Crippen LogP contribution in [0.25, 0.3) is 6.08 Å². The smallest absolute Gasteiger partial charge is 0.235 e. The third-order valence-electron chi connectivity index (χ3n) is 2.83. The van der Waals surface area contributed by atoms with Crippen molar-refractivity contribution in [3.05, 3.63) is 76.0 Å². The van der Waals surface area contributed by atoms with Crippen LogP contribution < -0.4 is 9.47 Å². The molecular formula is C16H15NO4. The van der Waals surface area contributed by atoms with Gasteiger partial charge in [-0.1, -0.05) is 42.5 Å². The third-order valence-corrected chi connectivity index (χ3v) is 2.83. The van der Waals surface area contributed by atoms with E-state index in [1.165, 1.54) is 13.2 Å². The van der Waals surface area contributed by atoms with Crippen LogP contribution >= 0.6 is 0 Å². The standard InChI is InChI=1S/C16H15NO4/c1-20-16-14(10-11-17(18)19)8-5-9-15(16)21-12-13-6-3-2-4-7-13/h2-11H,12H2,1H3/b11-10+. The van der Waals surface area contributed by atoms with Crippen LogP contribution in [0.5, 0.6) is 11.5 Å². The summed E-state index contributed by atoms with van der Waals surface area (Å²) in [7, 11) is 1.51. The summed E-state index contributed by atoms with van der Waals surface area (Å²) >= 11 is 0. The Balaban J connectivity index is 2.19. The highest BCUT2D eigenvalue weighted by Gasteiger charge is 2.09. The maximum Gasteiger partial charge on any atom is 0.235 e. The van der Waals surface area contributed by atoms with Gasteiger partial charge < -0.3 is 9.47 Å². The molecular weight excluding hydrogens is 270 g/mol. The molecule has 0 saturated carbocycles. The maximum absolute atomic E-state index is 10.4. The van der Waals surface area contributed by atoms with Crippen LogP contribution in [0.2, 0.25) is 0 Å². The minimum Gasteiger partial charge on any atom is -0.492 e. The molecule has 5 heteroatoms. The number of nitro groups is 1. The van der Waals surface area contributed by atoms with Gasteiger partial charge in [0.2, 0.25) is 6.20 Å². The number of para-hydroxylation sites is 1. The van der Waals surface area contributed by atoms with Crippen molar-refractivity contribution in [2.45, 2.75) is 6.61 Å². The lowest BCUT2D eigenvalue weighted by Gasteiger charge is -2.12. The summed E-state index contributed by atoms with van der Waals surface area (Å²) in [5.41, 5.74) is 1.63. The quantitative estimate of drug-likeness (QED) is 0.601. The van der Waals surface area contributed by atoms with E-state index in [2.05, 4.69) is 0 Å². The van der Waals surface area contributed by atoms with Crippen LogP contribution in [-0.2, 0) is 6.61 Å². The molecule has 2 rings (SSSR count). The average molecular weight is 285 g/mol. The lowest BCUT2D eigenvalue weighted by Crippen LogP contribution is -1.98. The van der Waals surface area contributed by atoms with Crippen LogP contribution in [0.3, 0.4) is 0 Å². The summed E-state index contributed by atoms with van der Waals surface area (Å²) in [6.07, 6.45) is 2.26. The summed E-state index contributed by atoms with van der Waals surface area (Å²) < 4.78 is 11.0. The van der Waals surface area contributed by atoms with Gasteiger partial charge in [0.25, 0.3) is 0 Å². The summed E-state index contributed by atoms with van der Waals surface area (Å²) in [5, 5.41) is 10.4. The van der Waals surface area contributed by atoms with Gasteiger partial charge in [0.1, 0.15) is 6.61 Å². The second kappa shape index (κ2) is 7.09. The summed E-state index contributed by atoms with van der Waals surface area (Å²) in [5.74, 6) is 1.03. The Hall–Kier alpha value is -2.82. The van der Waals surface area contributed by atoms with E-state index < -0.39 is 4.92 Å². The first kappa shape index (κ1) is 14.6. The highest BCUT2D eigenvalue weighted by molar-refractivity contribution is 5.61. The van der Waals surface area contributed by atoms with Crippen LogP contribution in [-0.4, -0.2) is 12.0 Å². The van der Waals surface area contributed by atoms with Gasteiger partial charge in [0.05, 0.1) is 12.0 Å². The topological polar surface area (TPSA) is 61.6 Å². The van der Waals surface area contributed by atoms with Crippen molar-refractivity contribution in [2.24, 2.45) is 0 Å². The van der Waals surface area contributed by atoms with E-state index in [0.717, 1.165) is 11.8 Å². The molecule has 0 aliphatic carbocycles. The Labute approximate surface area is 122 Å². The zero-order valence-electron chi connectivity index (χ0n) is 11.6. The van der Waals surface area contributed by atoms with Crippen LogP contribution in [0, 0.1) is 10.1 Å². The predicted octanol–water partition coefficient (Wildman–Crippen LogP) is 3.52. The predicted molar refractivity (Wildman–Crippen MR) is 79.8 cm³/mol. The molecule has 21 heavy (non-hydrogen) atoms. The molecule has 2 aromatic carbocycles. The second-order valence-corrected chi connectivity index (χ2v) is 4.25. The van der Waals surface area contributed by atoms with Crippen molar-refractivity contribution in [2.75, 3.05) is 7.11 Å². The van der Waals surface area contributed by atoms with Gasteiger partial charge in [0, 0.05) is 11.6 Å². The summed E-state index contributed by atoms with van der Waals surface area (Å²) in [6, 6.07) is 15.0. The maximum atomic E-state index is 10.4. The molecule has 0 radical (unpaired) electrons. The van der Waals surface area contributed by atoms with Gasteiger partial charge >= 0.3 is 0 Å². The fraction of sp³-hybridized carbons (Fsp3) is 0.125. The van der Waals surface area contributed by atoms with Gasteiger partial charge in [-0.15, -0.1) is 0 Å². The Morgan fingerprint density at radius 3 is 2.57 bits per heavy atom. The third kappa shape index (κ3) is 4.07. The second-order valence-electron chi connectivity index (χ2n) is 4.25. The Morgan fingerprint density at radius 1 is 1.14 bits per heavy atom. The van der Waals surface area contributed by atoms with Gasteiger partial charge in [-0.05, 0) is 11.6 Å². The molecule has 0 fully saturated rings. The Kier molecular flexibility index (Phi) is 4.93. The number of benzene rings is 2. The van der Waals surface area contributed by atoms with Crippen molar-refractivity contribution in [3.63, 3.8) is 0 Å². The number of rotatable bonds is 6. The molecule has 0 aliphatic rings. The van der Waals surface area contributed by atoms with E-state index >= 15 is 0 Å². The zero-order chi connectivity index (χ0) is 15.1. The molecule has 2 aromatic rings. The fourth-order valence-corrected chi connectivity index (χ4v) is 1.87. The van der Waals surface area contributed by atoms with Crippen molar-refractivity contribution in [1.29, 1.82) is 0 Å². The molecule has 0 saturated heterocycles. The zero-order valence-corrected chi connectivity index (χ0v) is 11.6. The molecule has 0 aromatic heterocycles. The van der Waals surface area contributed by atoms with Crippen LogP contribution in [0.1, 0.15) is 11.1 Å². The molecule has 5 nitrogen and oxygen atoms in total. The summed E-state index contributed by atoms with van der Waals surface area (Å²) in [4.78, 5) is 9.90. The van der Waals surface area contributed by atoms with E-state index in [1.54, 1.807) is 18.2 Å². The molecule has 0 aliphatic heterocycles. The lowest BCUT2D eigenvalue weighted by atomic mass is 10.2. The number of hydrogen-bond donors (Lipinski definition) is 0. The molecule has 0 N–H and O–H groups in total. The van der Waals surface area contributed by atoms with Crippen LogP contribution in [0.15, 0.2) is 54.7 Å². The molecule has 0 amide bonds. The van der Waals surface area contributed by atoms with Crippen LogP contribution in [0.4, 0.5) is 0 Å². The first-order valence-corrected chi connectivity index (χ1v) is 6.36. The number of ether oxygens (including phenoxy) is 2. The van der Waals surface area contributed by atoms with E-state index in [9.17, 15) is 10.1 Å². The van der Waals surface area contributed by atoms with Crippen molar-refractivity contribution >= 4 is 6.08 Å². The van der Waals surface area contributed by atoms with E-state index in [1.807, 2.05) is 30.3 Å². The van der Waals surface area contributed by atoms with E-state index in [0.29, 0.717) is 23.7 Å². The monoisotopic (exact) mass is 285 g/mol. The minimum atomic E-state index is -0.517. The molecule has 0 atom stereocenters. The Morgan fingerprint density at radius 2 is 1.90 bits per heavy atom. The first-order chi connectivity index (χ1) is 10.2. The van der Waals surface area contributed by atoms with Gasteiger partial charge in [0.15, 0.2) is 11.5 Å². The van der Waals surface area contributed by atoms with Gasteiger partial charge in [-0.25, -0.2) is 0 Å². The fourth-order valence-electron chi connectivity index (χ4n) is 1.87. The molecule has 0 heterocycles. The van der Waals surface area contributed by atoms with Crippen molar-refractivity contribution < 1.29 is 14.4 Å². The molecule has 0 unspecified atom stereocenters. The summed E-state index contributed by atoms with van der Waals surface area (Å²) in [6.45, 7) is 0.402.